The van der Waals surface area contributed by atoms with Gasteiger partial charge in [0, 0.05) is 5.56 Å². The van der Waals surface area contributed by atoms with Crippen molar-refractivity contribution in [3.05, 3.63) is 59.9 Å². The molecule has 0 aliphatic heterocycles. The number of nitrogen functional groups attached to an aromatic ring is 1. The largest absolute Gasteiger partial charge is 0.480 e. The Morgan fingerprint density at radius 2 is 1.86 bits per heavy atom. The molecule has 6 heteroatoms. The second-order valence-electron chi connectivity index (χ2n) is 4.35. The molecule has 0 aliphatic carbocycles. The number of anilines is 2. The van der Waals surface area contributed by atoms with Crippen molar-refractivity contribution in [3.63, 3.8) is 0 Å². The summed E-state index contributed by atoms with van der Waals surface area (Å²) in [6, 6.07) is 11.5. The van der Waals surface area contributed by atoms with E-state index in [1.165, 1.54) is 24.3 Å². The van der Waals surface area contributed by atoms with Crippen LogP contribution in [0.4, 0.5) is 15.8 Å². The predicted molar refractivity (Wildman–Crippen MR) is 76.6 cm³/mol. The molecular formula is C15H13FN2O3. The first-order valence-corrected chi connectivity index (χ1v) is 6.13. The second-order valence-corrected chi connectivity index (χ2v) is 4.35. The first-order valence-electron chi connectivity index (χ1n) is 6.13. The Morgan fingerprint density at radius 3 is 2.48 bits per heavy atom. The number of nitrogens with two attached hydrogens (primary N) is 1. The molecule has 2 aromatic rings. The molecule has 0 fully saturated rings. The highest BCUT2D eigenvalue weighted by molar-refractivity contribution is 6.09. The van der Waals surface area contributed by atoms with Gasteiger partial charge < -0.3 is 10.8 Å². The van der Waals surface area contributed by atoms with Crippen molar-refractivity contribution in [2.45, 2.75) is 0 Å². The van der Waals surface area contributed by atoms with Crippen molar-refractivity contribution in [1.82, 2.24) is 0 Å². The maximum atomic E-state index is 13.2. The van der Waals surface area contributed by atoms with E-state index in [-0.39, 0.29) is 16.9 Å². The lowest BCUT2D eigenvalue weighted by molar-refractivity contribution is -0.135. The summed E-state index contributed by atoms with van der Waals surface area (Å²) in [6.07, 6.45) is 0. The van der Waals surface area contributed by atoms with Gasteiger partial charge in [0.1, 0.15) is 12.4 Å². The van der Waals surface area contributed by atoms with Crippen molar-refractivity contribution in [2.24, 2.45) is 0 Å². The van der Waals surface area contributed by atoms with E-state index in [0.717, 1.165) is 11.0 Å². The van der Waals surface area contributed by atoms with Crippen LogP contribution in [0.5, 0.6) is 0 Å². The minimum absolute atomic E-state index is 0.0551. The lowest BCUT2D eigenvalue weighted by Gasteiger charge is -2.22. The summed E-state index contributed by atoms with van der Waals surface area (Å²) in [6.45, 7) is -0.566. The van der Waals surface area contributed by atoms with Gasteiger partial charge in [-0.3, -0.25) is 14.5 Å². The number of aliphatic carboxylic acids is 1. The maximum absolute atomic E-state index is 13.2. The van der Waals surface area contributed by atoms with Crippen LogP contribution in [0.3, 0.4) is 0 Å². The topological polar surface area (TPSA) is 83.6 Å². The summed E-state index contributed by atoms with van der Waals surface area (Å²) >= 11 is 0. The summed E-state index contributed by atoms with van der Waals surface area (Å²) in [5, 5.41) is 8.98. The first-order chi connectivity index (χ1) is 9.99. The van der Waals surface area contributed by atoms with Gasteiger partial charge in [-0.25, -0.2) is 4.39 Å². The molecule has 2 aromatic carbocycles. The van der Waals surface area contributed by atoms with Gasteiger partial charge >= 0.3 is 5.97 Å². The van der Waals surface area contributed by atoms with Crippen LogP contribution in [0.25, 0.3) is 0 Å². The quantitative estimate of drug-likeness (QED) is 0.844. The molecule has 0 atom stereocenters. The molecule has 0 unspecified atom stereocenters. The monoisotopic (exact) mass is 288 g/mol. The van der Waals surface area contributed by atoms with Gasteiger partial charge in [0.15, 0.2) is 0 Å². The molecule has 0 radical (unpaired) electrons. The number of carbonyl (C=O) groups excluding carboxylic acids is 1. The minimum Gasteiger partial charge on any atom is -0.480 e. The lowest BCUT2D eigenvalue weighted by atomic mass is 10.1. The summed E-state index contributed by atoms with van der Waals surface area (Å²) in [4.78, 5) is 24.4. The molecule has 0 aliphatic rings. The minimum atomic E-state index is -1.19. The number of hydrogen-bond donors (Lipinski definition) is 2. The van der Waals surface area contributed by atoms with E-state index in [0.29, 0.717) is 0 Å². The predicted octanol–water partition coefficient (Wildman–Crippen LogP) is 2.14. The van der Waals surface area contributed by atoms with Gasteiger partial charge in [-0.15, -0.1) is 0 Å². The fraction of sp³-hybridized carbons (Fsp3) is 0.0667. The van der Waals surface area contributed by atoms with Crippen molar-refractivity contribution in [1.29, 1.82) is 0 Å². The number of rotatable bonds is 4. The van der Waals surface area contributed by atoms with Crippen LogP contribution in [0.1, 0.15) is 10.4 Å². The smallest absolute Gasteiger partial charge is 0.323 e. The van der Waals surface area contributed by atoms with E-state index >= 15 is 0 Å². The number of carboxylic acids is 1. The number of nitrogens with zero attached hydrogens (tertiary/aromatic N) is 1. The average Bonchev–Trinajstić information content (AvgIpc) is 2.45. The summed E-state index contributed by atoms with van der Waals surface area (Å²) in [5.74, 6) is -2.39. The highest BCUT2D eigenvalue weighted by Crippen LogP contribution is 2.24. The Labute approximate surface area is 120 Å². The number of carbonyl (C=O) groups is 2. The first kappa shape index (κ1) is 14.5. The normalized spacial score (nSPS) is 10.1. The van der Waals surface area contributed by atoms with Gasteiger partial charge in [-0.1, -0.05) is 18.2 Å². The molecule has 3 N–H and O–H groups in total. The van der Waals surface area contributed by atoms with Gasteiger partial charge in [-0.2, -0.15) is 0 Å². The average molecular weight is 288 g/mol. The fourth-order valence-corrected chi connectivity index (χ4v) is 1.91. The van der Waals surface area contributed by atoms with E-state index in [2.05, 4.69) is 0 Å². The number of amides is 1. The third-order valence-corrected chi connectivity index (χ3v) is 2.84. The Hall–Kier alpha value is -2.89. The zero-order chi connectivity index (χ0) is 15.4. The summed E-state index contributed by atoms with van der Waals surface area (Å²) < 4.78 is 13.2. The third-order valence-electron chi connectivity index (χ3n) is 2.84. The molecule has 0 spiro atoms. The number of carboxylic acid groups (broad SMARTS) is 1. The van der Waals surface area contributed by atoms with E-state index in [1.54, 1.807) is 18.2 Å². The van der Waals surface area contributed by atoms with E-state index in [9.17, 15) is 14.0 Å². The molecule has 21 heavy (non-hydrogen) atoms. The molecular weight excluding hydrogens is 275 g/mol. The zero-order valence-corrected chi connectivity index (χ0v) is 11.0. The van der Waals surface area contributed by atoms with Crippen molar-refractivity contribution in [3.8, 4) is 0 Å². The molecule has 1 amide bonds. The highest BCUT2D eigenvalue weighted by Gasteiger charge is 2.22. The van der Waals surface area contributed by atoms with Crippen LogP contribution in [0.2, 0.25) is 0 Å². The fourth-order valence-electron chi connectivity index (χ4n) is 1.91. The molecule has 0 saturated heterocycles. The number of hydrogen-bond acceptors (Lipinski definition) is 3. The van der Waals surface area contributed by atoms with Crippen LogP contribution in [0.15, 0.2) is 48.5 Å². The second kappa shape index (κ2) is 6.04. The van der Waals surface area contributed by atoms with Crippen LogP contribution >= 0.6 is 0 Å². The van der Waals surface area contributed by atoms with Crippen LogP contribution in [0, 0.1) is 5.82 Å². The maximum Gasteiger partial charge on any atom is 0.323 e. The summed E-state index contributed by atoms with van der Waals surface area (Å²) in [7, 11) is 0. The molecule has 0 heterocycles. The molecule has 2 rings (SSSR count). The van der Waals surface area contributed by atoms with Crippen molar-refractivity contribution < 1.29 is 19.1 Å². The van der Waals surface area contributed by atoms with E-state index < -0.39 is 24.2 Å². The SMILES string of the molecule is Nc1ccccc1N(CC(=O)O)C(=O)c1cccc(F)c1. The van der Waals surface area contributed by atoms with Gasteiger partial charge in [0.25, 0.3) is 5.91 Å². The molecule has 108 valence electrons. The Balaban J connectivity index is 2.43. The van der Waals surface area contributed by atoms with Gasteiger partial charge in [-0.05, 0) is 30.3 Å². The highest BCUT2D eigenvalue weighted by atomic mass is 19.1. The summed E-state index contributed by atoms with van der Waals surface area (Å²) in [5.41, 5.74) is 6.38. The van der Waals surface area contributed by atoms with E-state index in [4.69, 9.17) is 10.8 Å². The van der Waals surface area contributed by atoms with Gasteiger partial charge in [0.05, 0.1) is 11.4 Å². The molecule has 0 aromatic heterocycles. The van der Waals surface area contributed by atoms with Gasteiger partial charge in [0.2, 0.25) is 0 Å². The van der Waals surface area contributed by atoms with Crippen LogP contribution < -0.4 is 10.6 Å². The standard InChI is InChI=1S/C15H13FN2O3/c16-11-5-3-4-10(8-11)15(21)18(9-14(19)20)13-7-2-1-6-12(13)17/h1-8H,9,17H2,(H,19,20). The Morgan fingerprint density at radius 1 is 1.14 bits per heavy atom. The Bertz CT molecular complexity index is 688. The third kappa shape index (κ3) is 3.36. The van der Waals surface area contributed by atoms with Crippen LogP contribution in [-0.4, -0.2) is 23.5 Å². The zero-order valence-electron chi connectivity index (χ0n) is 11.0. The van der Waals surface area contributed by atoms with Crippen molar-refractivity contribution >= 4 is 23.3 Å². The van der Waals surface area contributed by atoms with Crippen LogP contribution in [-0.2, 0) is 4.79 Å². The van der Waals surface area contributed by atoms with Crippen molar-refractivity contribution in [2.75, 3.05) is 17.2 Å². The molecule has 0 bridgehead atoms. The number of para-hydroxylation sites is 2. The molecule has 5 nitrogen and oxygen atoms in total. The number of halogens is 1. The lowest BCUT2D eigenvalue weighted by Crippen LogP contribution is -2.36. The Kier molecular flexibility index (Phi) is 4.18. The number of benzene rings is 2. The molecule has 0 saturated carbocycles. The van der Waals surface area contributed by atoms with E-state index in [1.807, 2.05) is 0 Å².